The molecule has 1 fully saturated rings. The first-order valence-electron chi connectivity index (χ1n) is 7.21. The molecular weight excluding hydrogens is 304 g/mol. The highest BCUT2D eigenvalue weighted by Gasteiger charge is 2.37. The van der Waals surface area contributed by atoms with Crippen molar-refractivity contribution in [2.24, 2.45) is 0 Å². The summed E-state index contributed by atoms with van der Waals surface area (Å²) >= 11 is 0. The largest absolute Gasteiger partial charge is 0.352 e. The lowest BCUT2D eigenvalue weighted by Crippen LogP contribution is -2.39. The number of nitrogens with one attached hydrogen (secondary N) is 1. The van der Waals surface area contributed by atoms with E-state index >= 15 is 0 Å². The fourth-order valence-corrected chi connectivity index (χ4v) is 3.80. The van der Waals surface area contributed by atoms with Crippen molar-refractivity contribution in [2.45, 2.75) is 32.4 Å². The second-order valence-corrected chi connectivity index (χ2v) is 7.65. The van der Waals surface area contributed by atoms with Crippen molar-refractivity contribution in [3.63, 3.8) is 0 Å². The molecule has 1 aromatic heterocycles. The Labute approximate surface area is 131 Å². The average Bonchev–Trinajstić information content (AvgIpc) is 2.95. The van der Waals surface area contributed by atoms with E-state index in [2.05, 4.69) is 10.3 Å². The minimum Gasteiger partial charge on any atom is -0.352 e. The summed E-state index contributed by atoms with van der Waals surface area (Å²) in [5, 5.41) is 2.71. The lowest BCUT2D eigenvalue weighted by Gasteiger charge is -2.26. The van der Waals surface area contributed by atoms with Gasteiger partial charge in [0.1, 0.15) is 0 Å². The molecule has 0 saturated carbocycles. The zero-order valence-electron chi connectivity index (χ0n) is 13.1. The Morgan fingerprint density at radius 2 is 2.18 bits per heavy atom. The zero-order valence-corrected chi connectivity index (χ0v) is 13.9. The third kappa shape index (κ3) is 3.63. The highest BCUT2D eigenvalue weighted by Crippen LogP contribution is 2.33. The normalized spacial score (nSPS) is 19.5. The molecule has 0 aromatic carbocycles. The van der Waals surface area contributed by atoms with Crippen LogP contribution in [0.25, 0.3) is 0 Å². The summed E-state index contributed by atoms with van der Waals surface area (Å²) in [5.41, 5.74) is 1.63. The predicted molar refractivity (Wildman–Crippen MR) is 83.0 cm³/mol. The third-order valence-corrected chi connectivity index (χ3v) is 5.64. The van der Waals surface area contributed by atoms with Crippen LogP contribution in [0.1, 0.15) is 37.1 Å². The molecule has 2 rings (SSSR count). The summed E-state index contributed by atoms with van der Waals surface area (Å²) in [6.45, 7) is 2.40. The van der Waals surface area contributed by atoms with Gasteiger partial charge < -0.3 is 5.32 Å². The van der Waals surface area contributed by atoms with Crippen LogP contribution >= 0.6 is 0 Å². The Kier molecular flexibility index (Phi) is 5.15. The van der Waals surface area contributed by atoms with Gasteiger partial charge in [0.05, 0.1) is 11.7 Å². The standard InChI is InChI=1S/C14H22N4O3S/c1-11(19)15-9-12-6-7-13(16-10-12)14-5-4-8-18(14)22(20,21)17(2)3/h6-7,10,14H,4-5,8-9H2,1-3H3,(H,15,19)/t14-/m1/s1. The van der Waals surface area contributed by atoms with Gasteiger partial charge in [0.2, 0.25) is 5.91 Å². The van der Waals surface area contributed by atoms with Crippen molar-refractivity contribution < 1.29 is 13.2 Å². The molecule has 1 aliphatic heterocycles. The van der Waals surface area contributed by atoms with E-state index in [1.54, 1.807) is 6.20 Å². The quantitative estimate of drug-likeness (QED) is 0.862. The first-order valence-corrected chi connectivity index (χ1v) is 8.60. The highest BCUT2D eigenvalue weighted by atomic mass is 32.2. The van der Waals surface area contributed by atoms with E-state index in [0.717, 1.165) is 24.1 Å². The Morgan fingerprint density at radius 1 is 1.45 bits per heavy atom. The Balaban J connectivity index is 2.15. The number of hydrogen-bond donors (Lipinski definition) is 1. The molecule has 122 valence electrons. The number of nitrogens with zero attached hydrogens (tertiary/aromatic N) is 3. The van der Waals surface area contributed by atoms with Gasteiger partial charge in [-0.3, -0.25) is 9.78 Å². The number of carbonyl (C=O) groups excluding carboxylic acids is 1. The lowest BCUT2D eigenvalue weighted by molar-refractivity contribution is -0.119. The summed E-state index contributed by atoms with van der Waals surface area (Å²) in [5.74, 6) is -0.0943. The number of carbonyl (C=O) groups is 1. The molecule has 2 heterocycles. The third-order valence-electron chi connectivity index (χ3n) is 3.69. The molecule has 0 radical (unpaired) electrons. The van der Waals surface area contributed by atoms with Crippen LogP contribution in [-0.4, -0.2) is 48.6 Å². The van der Waals surface area contributed by atoms with Crippen LogP contribution in [0.5, 0.6) is 0 Å². The van der Waals surface area contributed by atoms with E-state index in [0.29, 0.717) is 13.1 Å². The van der Waals surface area contributed by atoms with Crippen LogP contribution in [0.15, 0.2) is 18.3 Å². The first kappa shape index (κ1) is 16.9. The summed E-state index contributed by atoms with van der Waals surface area (Å²) < 4.78 is 27.4. The number of pyridine rings is 1. The molecule has 8 heteroatoms. The van der Waals surface area contributed by atoms with E-state index in [9.17, 15) is 13.2 Å². The smallest absolute Gasteiger partial charge is 0.282 e. The molecule has 1 N–H and O–H groups in total. The predicted octanol–water partition coefficient (Wildman–Crippen LogP) is 0.661. The number of amides is 1. The summed E-state index contributed by atoms with van der Waals surface area (Å²) in [4.78, 5) is 15.3. The molecule has 0 aliphatic carbocycles. The Bertz CT molecular complexity index is 628. The Morgan fingerprint density at radius 3 is 2.73 bits per heavy atom. The zero-order chi connectivity index (χ0) is 16.3. The molecule has 1 atom stereocenters. The highest BCUT2D eigenvalue weighted by molar-refractivity contribution is 7.86. The van der Waals surface area contributed by atoms with Crippen molar-refractivity contribution >= 4 is 16.1 Å². The van der Waals surface area contributed by atoms with Crippen LogP contribution < -0.4 is 5.32 Å². The number of aromatic nitrogens is 1. The van der Waals surface area contributed by atoms with E-state index in [1.165, 1.54) is 29.6 Å². The maximum absolute atomic E-state index is 12.3. The van der Waals surface area contributed by atoms with Crippen molar-refractivity contribution in [1.29, 1.82) is 0 Å². The van der Waals surface area contributed by atoms with Gasteiger partial charge in [-0.25, -0.2) is 0 Å². The van der Waals surface area contributed by atoms with Gasteiger partial charge >= 0.3 is 0 Å². The molecule has 1 aromatic rings. The fourth-order valence-electron chi connectivity index (χ4n) is 2.49. The fraction of sp³-hybridized carbons (Fsp3) is 0.571. The second-order valence-electron chi connectivity index (χ2n) is 5.56. The summed E-state index contributed by atoms with van der Waals surface area (Å²) in [6, 6.07) is 3.49. The van der Waals surface area contributed by atoms with Gasteiger partial charge in [-0.1, -0.05) is 6.07 Å². The summed E-state index contributed by atoms with van der Waals surface area (Å²) in [6.07, 6.45) is 3.28. The van der Waals surface area contributed by atoms with Crippen LogP contribution in [0.3, 0.4) is 0 Å². The van der Waals surface area contributed by atoms with Gasteiger partial charge in [-0.05, 0) is 24.5 Å². The SMILES string of the molecule is CC(=O)NCc1ccc([C@H]2CCCN2S(=O)(=O)N(C)C)nc1. The molecule has 1 aliphatic rings. The van der Waals surface area contributed by atoms with Crippen molar-refractivity contribution in [1.82, 2.24) is 18.9 Å². The van der Waals surface area contributed by atoms with Gasteiger partial charge in [0, 0.05) is 40.3 Å². The van der Waals surface area contributed by atoms with Gasteiger partial charge in [-0.2, -0.15) is 17.0 Å². The average molecular weight is 326 g/mol. The van der Waals surface area contributed by atoms with E-state index in [-0.39, 0.29) is 11.9 Å². The van der Waals surface area contributed by atoms with Crippen molar-refractivity contribution in [3.8, 4) is 0 Å². The minimum absolute atomic E-state index is 0.0943. The second kappa shape index (κ2) is 6.72. The molecule has 1 saturated heterocycles. The van der Waals surface area contributed by atoms with E-state index in [4.69, 9.17) is 0 Å². The maximum Gasteiger partial charge on any atom is 0.282 e. The topological polar surface area (TPSA) is 82.6 Å². The van der Waals surface area contributed by atoms with Crippen LogP contribution in [0.4, 0.5) is 0 Å². The van der Waals surface area contributed by atoms with Gasteiger partial charge in [0.15, 0.2) is 0 Å². The molecule has 7 nitrogen and oxygen atoms in total. The summed E-state index contributed by atoms with van der Waals surface area (Å²) in [7, 11) is -0.363. The van der Waals surface area contributed by atoms with E-state index < -0.39 is 10.2 Å². The molecular formula is C14H22N4O3S. The molecule has 0 spiro atoms. The molecule has 0 unspecified atom stereocenters. The van der Waals surface area contributed by atoms with Gasteiger partial charge in [0.25, 0.3) is 10.2 Å². The number of hydrogen-bond acceptors (Lipinski definition) is 4. The molecule has 0 bridgehead atoms. The molecule has 22 heavy (non-hydrogen) atoms. The van der Waals surface area contributed by atoms with Crippen LogP contribution in [0, 0.1) is 0 Å². The van der Waals surface area contributed by atoms with Crippen molar-refractivity contribution in [2.75, 3.05) is 20.6 Å². The van der Waals surface area contributed by atoms with E-state index in [1.807, 2.05) is 12.1 Å². The van der Waals surface area contributed by atoms with Gasteiger partial charge in [-0.15, -0.1) is 0 Å². The number of rotatable bonds is 5. The molecule has 1 amide bonds. The van der Waals surface area contributed by atoms with Crippen molar-refractivity contribution in [3.05, 3.63) is 29.6 Å². The van der Waals surface area contributed by atoms with Crippen LogP contribution in [-0.2, 0) is 21.5 Å². The maximum atomic E-state index is 12.3. The monoisotopic (exact) mass is 326 g/mol. The lowest BCUT2D eigenvalue weighted by atomic mass is 10.1. The van der Waals surface area contributed by atoms with Crippen LogP contribution in [0.2, 0.25) is 0 Å². The Hall–Kier alpha value is -1.51. The first-order chi connectivity index (χ1) is 10.3. The minimum atomic E-state index is -3.44.